The highest BCUT2D eigenvalue weighted by atomic mass is 32.1. The number of amides is 1. The second-order valence-corrected chi connectivity index (χ2v) is 8.61. The Kier molecular flexibility index (Phi) is 5.73. The molecule has 0 saturated heterocycles. The fraction of sp³-hybridized carbons (Fsp3) is 0.115. The quantitative estimate of drug-likeness (QED) is 0.137. The summed E-state index contributed by atoms with van der Waals surface area (Å²) >= 11 is 5.32. The molecule has 2 heterocycles. The molecule has 1 spiro atoms. The van der Waals surface area contributed by atoms with Crippen molar-refractivity contribution >= 4 is 34.9 Å². The summed E-state index contributed by atoms with van der Waals surface area (Å²) < 4.78 is 12.1. The molecule has 0 saturated carbocycles. The fourth-order valence-corrected chi connectivity index (χ4v) is 4.62. The molecule has 2 aliphatic rings. The van der Waals surface area contributed by atoms with Gasteiger partial charge in [0.05, 0.1) is 11.6 Å². The minimum absolute atomic E-state index is 0.00328. The molecule has 182 valence electrons. The number of esters is 1. The zero-order chi connectivity index (χ0) is 25.4. The number of rotatable bonds is 5. The summed E-state index contributed by atoms with van der Waals surface area (Å²) in [5, 5.41) is 27.0. The number of nitrogens with one attached hydrogen (secondary N) is 3. The Hall–Kier alpha value is -4.57. The predicted octanol–water partition coefficient (Wildman–Crippen LogP) is 2.99. The molecule has 10 heteroatoms. The molecule has 36 heavy (non-hydrogen) atoms. The van der Waals surface area contributed by atoms with Crippen molar-refractivity contribution in [3.63, 3.8) is 0 Å². The number of phenols is 1. The molecule has 1 atom stereocenters. The number of phenolic OH excluding ortho intramolecular Hbond substituents is 1. The molecule has 5 rings (SSSR count). The standard InChI is InChI=1S/C26H21N3O6S/c1-2-23(32)27-9-10-28-25(36)29-14-3-6-18-17(11-14)24(33)35-26(18)19-7-4-15(30)12-21(19)34-22-13-16(31)5-8-20(22)26/h2-8,11-13,30-31H,1,9-10H2,(H,27,32)(H2,28,29,36)/p+1. The lowest BCUT2D eigenvalue weighted by Crippen LogP contribution is -2.36. The van der Waals surface area contributed by atoms with Crippen molar-refractivity contribution in [2.75, 3.05) is 18.4 Å². The van der Waals surface area contributed by atoms with Crippen LogP contribution in [0.1, 0.15) is 27.0 Å². The summed E-state index contributed by atoms with van der Waals surface area (Å²) in [5.74, 6) is 0.154. The van der Waals surface area contributed by atoms with Crippen LogP contribution in [0.25, 0.3) is 0 Å². The van der Waals surface area contributed by atoms with Gasteiger partial charge in [-0.3, -0.25) is 4.79 Å². The molecule has 9 nitrogen and oxygen atoms in total. The maximum absolute atomic E-state index is 13.2. The highest BCUT2D eigenvalue weighted by molar-refractivity contribution is 7.80. The number of anilines is 1. The Bertz CT molecular complexity index is 1390. The molecule has 0 radical (unpaired) electrons. The Labute approximate surface area is 211 Å². The van der Waals surface area contributed by atoms with Gasteiger partial charge in [0.15, 0.2) is 10.7 Å². The van der Waals surface area contributed by atoms with Crippen LogP contribution in [-0.2, 0) is 15.1 Å². The number of thiocarbonyl (C=S) groups is 1. The van der Waals surface area contributed by atoms with Crippen molar-refractivity contribution in [2.24, 2.45) is 0 Å². The third kappa shape index (κ3) is 3.87. The van der Waals surface area contributed by atoms with E-state index in [9.17, 15) is 14.7 Å². The third-order valence-corrected chi connectivity index (χ3v) is 6.19. The maximum atomic E-state index is 13.2. The van der Waals surface area contributed by atoms with Gasteiger partial charge in [0.2, 0.25) is 5.91 Å². The van der Waals surface area contributed by atoms with E-state index in [-0.39, 0.29) is 17.4 Å². The first-order valence-corrected chi connectivity index (χ1v) is 11.4. The van der Waals surface area contributed by atoms with Gasteiger partial charge in [-0.2, -0.15) is 0 Å². The lowest BCUT2D eigenvalue weighted by Gasteiger charge is -2.36. The Morgan fingerprint density at radius 1 is 1.03 bits per heavy atom. The second-order valence-electron chi connectivity index (χ2n) is 8.20. The molecule has 1 unspecified atom stereocenters. The highest BCUT2D eigenvalue weighted by Crippen LogP contribution is 2.57. The number of carbonyl (C=O) groups is 2. The largest absolute Gasteiger partial charge is 0.593 e. The molecule has 3 aromatic rings. The van der Waals surface area contributed by atoms with Crippen molar-refractivity contribution in [3.05, 3.63) is 89.5 Å². The normalized spacial score (nSPS) is 16.6. The first-order chi connectivity index (χ1) is 17.3. The first-order valence-electron chi connectivity index (χ1n) is 11.0. The summed E-state index contributed by atoms with van der Waals surface area (Å²) in [6, 6.07) is 14.7. The van der Waals surface area contributed by atoms with Crippen molar-refractivity contribution in [2.45, 2.75) is 5.60 Å². The van der Waals surface area contributed by atoms with Gasteiger partial charge in [0.1, 0.15) is 17.2 Å². The summed E-state index contributed by atoms with van der Waals surface area (Å²) in [5.41, 5.74) is 1.40. The molecule has 0 fully saturated rings. The van der Waals surface area contributed by atoms with Crippen LogP contribution in [0.4, 0.5) is 5.69 Å². The van der Waals surface area contributed by atoms with Gasteiger partial charge in [0.25, 0.3) is 5.75 Å². The number of benzene rings is 3. The van der Waals surface area contributed by atoms with Gasteiger partial charge in [-0.05, 0) is 48.6 Å². The number of fused-ring (bicyclic) bond motifs is 6. The molecular weight excluding hydrogens is 482 g/mol. The van der Waals surface area contributed by atoms with Crippen LogP contribution < -0.4 is 20.7 Å². The summed E-state index contributed by atoms with van der Waals surface area (Å²) in [4.78, 5) is 24.4. The third-order valence-electron chi connectivity index (χ3n) is 5.94. The number of aromatic hydroxyl groups is 1. The smallest absolute Gasteiger partial charge is 0.340 e. The molecule has 0 bridgehead atoms. The Morgan fingerprint density at radius 2 is 1.72 bits per heavy atom. The van der Waals surface area contributed by atoms with Crippen LogP contribution in [0.15, 0.2) is 67.3 Å². The number of hydrogen-bond acceptors (Lipinski definition) is 6. The van der Waals surface area contributed by atoms with Crippen molar-refractivity contribution in [1.82, 2.24) is 10.6 Å². The zero-order valence-electron chi connectivity index (χ0n) is 18.9. The van der Waals surface area contributed by atoms with Crippen molar-refractivity contribution in [3.8, 4) is 23.0 Å². The van der Waals surface area contributed by atoms with E-state index >= 15 is 0 Å². The van der Waals surface area contributed by atoms with Crippen LogP contribution in [-0.4, -0.2) is 40.3 Å². The van der Waals surface area contributed by atoms with E-state index in [1.165, 1.54) is 18.2 Å². The van der Waals surface area contributed by atoms with Gasteiger partial charge in [-0.25, -0.2) is 4.79 Å². The van der Waals surface area contributed by atoms with Crippen LogP contribution in [0.2, 0.25) is 0 Å². The van der Waals surface area contributed by atoms with Crippen molar-refractivity contribution in [1.29, 1.82) is 0 Å². The first kappa shape index (κ1) is 23.2. The SMILES string of the molecule is C=CC(=O)NCCNC(=S)Nc1ccc2c(c1)C(=O)OC21c2ccc(O)cc2Oc2cc([OH2+])ccc21. The minimum atomic E-state index is -1.29. The van der Waals surface area contributed by atoms with Gasteiger partial charge >= 0.3 is 5.97 Å². The maximum Gasteiger partial charge on any atom is 0.340 e. The van der Waals surface area contributed by atoms with Gasteiger partial charge < -0.3 is 35.6 Å². The van der Waals surface area contributed by atoms with Crippen LogP contribution in [0.5, 0.6) is 23.0 Å². The monoisotopic (exact) mass is 504 g/mol. The topological polar surface area (TPSA) is 132 Å². The summed E-state index contributed by atoms with van der Waals surface area (Å²) in [7, 11) is 0. The summed E-state index contributed by atoms with van der Waals surface area (Å²) in [6.07, 6.45) is 1.19. The molecule has 0 aromatic heterocycles. The molecule has 2 aliphatic heterocycles. The predicted molar refractivity (Wildman–Crippen MR) is 137 cm³/mol. The van der Waals surface area contributed by atoms with E-state index in [2.05, 4.69) is 22.5 Å². The van der Waals surface area contributed by atoms with E-state index in [1.807, 2.05) is 0 Å². The molecule has 6 N–H and O–H groups in total. The average Bonchev–Trinajstić information content (AvgIpc) is 3.13. The lowest BCUT2D eigenvalue weighted by atomic mass is 9.77. The van der Waals surface area contributed by atoms with Crippen LogP contribution in [0.3, 0.4) is 0 Å². The number of ether oxygens (including phenoxy) is 2. The molecule has 0 aliphatic carbocycles. The number of carbonyl (C=O) groups excluding carboxylic acids is 2. The van der Waals surface area contributed by atoms with Gasteiger partial charge in [-0.15, -0.1) is 0 Å². The zero-order valence-corrected chi connectivity index (χ0v) is 19.7. The Balaban J connectivity index is 1.47. The molecule has 3 aromatic carbocycles. The average molecular weight is 505 g/mol. The van der Waals surface area contributed by atoms with Crippen molar-refractivity contribution < 1.29 is 29.3 Å². The van der Waals surface area contributed by atoms with E-state index < -0.39 is 11.6 Å². The van der Waals surface area contributed by atoms with Crippen LogP contribution >= 0.6 is 12.2 Å². The van der Waals surface area contributed by atoms with Gasteiger partial charge in [0, 0.05) is 47.6 Å². The van der Waals surface area contributed by atoms with Crippen LogP contribution in [0, 0.1) is 0 Å². The fourth-order valence-electron chi connectivity index (χ4n) is 4.40. The minimum Gasteiger partial charge on any atom is -0.593 e. The van der Waals surface area contributed by atoms with E-state index in [1.54, 1.807) is 42.5 Å². The lowest BCUT2D eigenvalue weighted by molar-refractivity contribution is -0.116. The molecule has 1 amide bonds. The summed E-state index contributed by atoms with van der Waals surface area (Å²) in [6.45, 7) is 4.16. The second kappa shape index (κ2) is 8.90. The number of hydrogen-bond donors (Lipinski definition) is 4. The van der Waals surface area contributed by atoms with E-state index in [0.29, 0.717) is 57.6 Å². The van der Waals surface area contributed by atoms with E-state index in [0.717, 1.165) is 0 Å². The Morgan fingerprint density at radius 3 is 2.50 bits per heavy atom. The molecular formula is C26H22N3O6S+. The highest BCUT2D eigenvalue weighted by Gasteiger charge is 2.53. The van der Waals surface area contributed by atoms with Gasteiger partial charge in [-0.1, -0.05) is 12.6 Å². The van der Waals surface area contributed by atoms with E-state index in [4.69, 9.17) is 26.8 Å².